The minimum Gasteiger partial charge on any atom is -0.388 e. The van der Waals surface area contributed by atoms with Crippen molar-refractivity contribution in [3.63, 3.8) is 0 Å². The van der Waals surface area contributed by atoms with Gasteiger partial charge < -0.3 is 10.0 Å². The molecule has 26 heavy (non-hydrogen) atoms. The number of amides is 1. The fourth-order valence-corrected chi connectivity index (χ4v) is 3.12. The normalized spacial score (nSPS) is 13.0. The fourth-order valence-electron chi connectivity index (χ4n) is 2.99. The van der Waals surface area contributed by atoms with Crippen LogP contribution in [0.5, 0.6) is 0 Å². The van der Waals surface area contributed by atoms with Gasteiger partial charge in [-0.2, -0.15) is 0 Å². The van der Waals surface area contributed by atoms with E-state index in [1.807, 2.05) is 30.3 Å². The van der Waals surface area contributed by atoms with Gasteiger partial charge in [0.15, 0.2) is 0 Å². The Labute approximate surface area is 160 Å². The molecule has 0 aliphatic rings. The maximum atomic E-state index is 13.3. The average Bonchev–Trinajstić information content (AvgIpc) is 2.67. The predicted octanol–water partition coefficient (Wildman–Crippen LogP) is 5.40. The van der Waals surface area contributed by atoms with E-state index in [0.717, 1.165) is 18.5 Å². The number of hydrogen-bond donors (Lipinski definition) is 1. The first-order valence-corrected chi connectivity index (χ1v) is 9.37. The third-order valence-corrected chi connectivity index (χ3v) is 4.68. The molecule has 0 aliphatic heterocycles. The van der Waals surface area contributed by atoms with Crippen LogP contribution >= 0.6 is 11.6 Å². The standard InChI is InChI=1S/C22H26ClNO2/c1-3-5-11-20(21(25)17-12-14-18(23)15-13-17)22(26)24(16-4-2)19-9-7-6-8-10-19/h4,6-10,12-15,20-21,25H,2-3,5,11,16H2,1H3/t20-,21-/m1/s1. The molecule has 2 atom stereocenters. The molecule has 0 unspecified atom stereocenters. The topological polar surface area (TPSA) is 40.5 Å². The molecule has 138 valence electrons. The minimum atomic E-state index is -0.873. The predicted molar refractivity (Wildman–Crippen MR) is 108 cm³/mol. The van der Waals surface area contributed by atoms with Crippen LogP contribution in [0.1, 0.15) is 37.9 Å². The van der Waals surface area contributed by atoms with E-state index in [2.05, 4.69) is 13.5 Å². The van der Waals surface area contributed by atoms with Gasteiger partial charge in [-0.05, 0) is 36.2 Å². The van der Waals surface area contributed by atoms with Crippen LogP contribution in [0.3, 0.4) is 0 Å². The Balaban J connectivity index is 2.31. The largest absolute Gasteiger partial charge is 0.388 e. The second-order valence-electron chi connectivity index (χ2n) is 6.32. The third-order valence-electron chi connectivity index (χ3n) is 4.42. The van der Waals surface area contributed by atoms with Gasteiger partial charge in [-0.3, -0.25) is 4.79 Å². The van der Waals surface area contributed by atoms with Gasteiger partial charge in [0.1, 0.15) is 0 Å². The van der Waals surface area contributed by atoms with Crippen LogP contribution in [-0.2, 0) is 4.79 Å². The summed E-state index contributed by atoms with van der Waals surface area (Å²) in [5.74, 6) is -0.608. The Bertz CT molecular complexity index is 700. The van der Waals surface area contributed by atoms with Crippen molar-refractivity contribution in [2.24, 2.45) is 5.92 Å². The van der Waals surface area contributed by atoms with Crippen LogP contribution in [0.4, 0.5) is 5.69 Å². The molecule has 0 radical (unpaired) electrons. The van der Waals surface area contributed by atoms with Gasteiger partial charge in [-0.15, -0.1) is 6.58 Å². The number of carbonyl (C=O) groups excluding carboxylic acids is 1. The molecular formula is C22H26ClNO2. The molecule has 4 heteroatoms. The molecule has 1 N–H and O–H groups in total. The number of halogens is 1. The summed E-state index contributed by atoms with van der Waals surface area (Å²) in [6, 6.07) is 16.5. The number of carbonyl (C=O) groups is 1. The van der Waals surface area contributed by atoms with Crippen molar-refractivity contribution in [1.82, 2.24) is 0 Å². The molecule has 0 spiro atoms. The van der Waals surface area contributed by atoms with Gasteiger partial charge in [0, 0.05) is 17.3 Å². The maximum absolute atomic E-state index is 13.3. The zero-order chi connectivity index (χ0) is 18.9. The number of aliphatic hydroxyl groups is 1. The average molecular weight is 372 g/mol. The lowest BCUT2D eigenvalue weighted by Gasteiger charge is -2.29. The molecule has 3 nitrogen and oxygen atoms in total. The Morgan fingerprint density at radius 2 is 1.85 bits per heavy atom. The van der Waals surface area contributed by atoms with Crippen molar-refractivity contribution in [3.8, 4) is 0 Å². The van der Waals surface area contributed by atoms with E-state index in [-0.39, 0.29) is 5.91 Å². The Kier molecular flexibility index (Phi) is 7.89. The van der Waals surface area contributed by atoms with E-state index in [4.69, 9.17) is 11.6 Å². The molecule has 2 aromatic rings. The number of unbranched alkanes of at least 4 members (excludes halogenated alkanes) is 1. The fraction of sp³-hybridized carbons (Fsp3) is 0.318. The van der Waals surface area contributed by atoms with E-state index in [1.165, 1.54) is 0 Å². The number of anilines is 1. The van der Waals surface area contributed by atoms with Gasteiger partial charge in [0.05, 0.1) is 12.0 Å². The first-order chi connectivity index (χ1) is 12.6. The highest BCUT2D eigenvalue weighted by molar-refractivity contribution is 6.30. The molecule has 0 bridgehead atoms. The summed E-state index contributed by atoms with van der Waals surface area (Å²) >= 11 is 5.95. The molecule has 0 aliphatic carbocycles. The summed E-state index contributed by atoms with van der Waals surface area (Å²) in [6.45, 7) is 6.25. The third kappa shape index (κ3) is 5.20. The Morgan fingerprint density at radius 1 is 1.19 bits per heavy atom. The smallest absolute Gasteiger partial charge is 0.233 e. The molecule has 2 rings (SSSR count). The quantitative estimate of drug-likeness (QED) is 0.599. The molecule has 1 amide bonds. The molecule has 0 fully saturated rings. The Morgan fingerprint density at radius 3 is 2.42 bits per heavy atom. The molecule has 0 saturated carbocycles. The van der Waals surface area contributed by atoms with Crippen LogP contribution in [0.2, 0.25) is 5.02 Å². The van der Waals surface area contributed by atoms with E-state index in [9.17, 15) is 9.90 Å². The van der Waals surface area contributed by atoms with Gasteiger partial charge in [-0.25, -0.2) is 0 Å². The molecular weight excluding hydrogens is 346 g/mol. The first kappa shape index (κ1) is 20.2. The summed E-state index contributed by atoms with van der Waals surface area (Å²) in [4.78, 5) is 15.0. The van der Waals surface area contributed by atoms with Crippen LogP contribution in [-0.4, -0.2) is 17.6 Å². The van der Waals surface area contributed by atoms with E-state index in [0.29, 0.717) is 23.6 Å². The monoisotopic (exact) mass is 371 g/mol. The van der Waals surface area contributed by atoms with Crippen molar-refractivity contribution in [3.05, 3.63) is 77.8 Å². The lowest BCUT2D eigenvalue weighted by atomic mass is 9.89. The van der Waals surface area contributed by atoms with E-state index < -0.39 is 12.0 Å². The maximum Gasteiger partial charge on any atom is 0.233 e. The van der Waals surface area contributed by atoms with Crippen molar-refractivity contribution >= 4 is 23.2 Å². The van der Waals surface area contributed by atoms with Gasteiger partial charge in [-0.1, -0.05) is 67.8 Å². The highest BCUT2D eigenvalue weighted by Gasteiger charge is 2.31. The second-order valence-corrected chi connectivity index (χ2v) is 6.75. The number of benzene rings is 2. The number of aliphatic hydroxyl groups excluding tert-OH is 1. The van der Waals surface area contributed by atoms with Crippen LogP contribution < -0.4 is 4.90 Å². The van der Waals surface area contributed by atoms with Crippen LogP contribution in [0.25, 0.3) is 0 Å². The van der Waals surface area contributed by atoms with Crippen LogP contribution in [0, 0.1) is 5.92 Å². The van der Waals surface area contributed by atoms with E-state index >= 15 is 0 Å². The van der Waals surface area contributed by atoms with Crippen molar-refractivity contribution in [2.75, 3.05) is 11.4 Å². The van der Waals surface area contributed by atoms with Gasteiger partial charge >= 0.3 is 0 Å². The first-order valence-electron chi connectivity index (χ1n) is 8.99. The van der Waals surface area contributed by atoms with Crippen molar-refractivity contribution < 1.29 is 9.90 Å². The second kappa shape index (κ2) is 10.1. The summed E-state index contributed by atoms with van der Waals surface area (Å²) in [5, 5.41) is 11.5. The van der Waals surface area contributed by atoms with Crippen molar-refractivity contribution in [1.29, 1.82) is 0 Å². The van der Waals surface area contributed by atoms with Gasteiger partial charge in [0.2, 0.25) is 5.91 Å². The minimum absolute atomic E-state index is 0.0907. The number of para-hydroxylation sites is 1. The summed E-state index contributed by atoms with van der Waals surface area (Å²) in [7, 11) is 0. The van der Waals surface area contributed by atoms with Crippen LogP contribution in [0.15, 0.2) is 67.3 Å². The Hall–Kier alpha value is -2.10. The molecule has 0 heterocycles. The number of hydrogen-bond acceptors (Lipinski definition) is 2. The summed E-state index contributed by atoms with van der Waals surface area (Å²) < 4.78 is 0. The zero-order valence-electron chi connectivity index (χ0n) is 15.1. The molecule has 2 aromatic carbocycles. The number of rotatable bonds is 9. The van der Waals surface area contributed by atoms with Gasteiger partial charge in [0.25, 0.3) is 0 Å². The zero-order valence-corrected chi connectivity index (χ0v) is 15.9. The highest BCUT2D eigenvalue weighted by Crippen LogP contribution is 2.30. The summed E-state index contributed by atoms with van der Waals surface area (Å²) in [5.41, 5.74) is 1.51. The molecule has 0 aromatic heterocycles. The SMILES string of the molecule is C=CCN(C(=O)[C@H](CCCC)[C@H](O)c1ccc(Cl)cc1)c1ccccc1. The molecule has 0 saturated heterocycles. The highest BCUT2D eigenvalue weighted by atomic mass is 35.5. The lowest BCUT2D eigenvalue weighted by Crippen LogP contribution is -2.39. The van der Waals surface area contributed by atoms with E-state index in [1.54, 1.807) is 35.2 Å². The number of nitrogens with zero attached hydrogens (tertiary/aromatic N) is 1. The summed E-state index contributed by atoms with van der Waals surface area (Å²) in [6.07, 6.45) is 3.29. The van der Waals surface area contributed by atoms with Crippen molar-refractivity contribution in [2.45, 2.75) is 32.3 Å². The lowest BCUT2D eigenvalue weighted by molar-refractivity contribution is -0.126.